The highest BCUT2D eigenvalue weighted by Crippen LogP contribution is 2.36. The Morgan fingerprint density at radius 1 is 1.13 bits per heavy atom. The molecule has 0 bridgehead atoms. The van der Waals surface area contributed by atoms with Gasteiger partial charge in [-0.05, 0) is 55.9 Å². The van der Waals surface area contributed by atoms with Crippen LogP contribution in [-0.2, 0) is 24.9 Å². The van der Waals surface area contributed by atoms with Gasteiger partial charge in [0, 0.05) is 49.9 Å². The second-order valence-electron chi connectivity index (χ2n) is 10.7. The smallest absolute Gasteiger partial charge is 0.407 e. The lowest BCUT2D eigenvalue weighted by molar-refractivity contribution is 0.0493. The number of halogens is 1. The van der Waals surface area contributed by atoms with E-state index >= 15 is 4.39 Å². The Labute approximate surface area is 226 Å². The highest BCUT2D eigenvalue weighted by atomic mass is 19.1. The molecular formula is C29H33FN6O3. The lowest BCUT2D eigenvalue weighted by atomic mass is 10.1. The number of piperidine rings is 1. The number of nitrogens with zero attached hydrogens (tertiary/aromatic N) is 4. The molecule has 0 spiro atoms. The van der Waals surface area contributed by atoms with Crippen LogP contribution in [0.15, 0.2) is 48.7 Å². The van der Waals surface area contributed by atoms with Crippen LogP contribution in [0.2, 0.25) is 0 Å². The van der Waals surface area contributed by atoms with Crippen molar-refractivity contribution in [2.24, 2.45) is 13.0 Å². The van der Waals surface area contributed by atoms with E-state index < -0.39 is 11.9 Å². The number of ether oxygens (including phenoxy) is 1. The predicted octanol–water partition coefficient (Wildman–Crippen LogP) is 4.56. The summed E-state index contributed by atoms with van der Waals surface area (Å²) in [5.41, 5.74) is 2.83. The molecule has 2 amide bonds. The van der Waals surface area contributed by atoms with Gasteiger partial charge in [0.2, 0.25) is 0 Å². The van der Waals surface area contributed by atoms with E-state index in [1.807, 2.05) is 31.3 Å². The number of hydrogen-bond donors (Lipinski definition) is 2. The van der Waals surface area contributed by atoms with E-state index in [-0.39, 0.29) is 29.7 Å². The van der Waals surface area contributed by atoms with Crippen LogP contribution in [-0.4, -0.2) is 52.4 Å². The molecule has 0 radical (unpaired) electrons. The topological polar surface area (TPSA) is 91.7 Å². The molecule has 3 aromatic rings. The summed E-state index contributed by atoms with van der Waals surface area (Å²) < 4.78 is 22.4. The molecule has 3 aliphatic rings. The van der Waals surface area contributed by atoms with Gasteiger partial charge in [-0.25, -0.2) is 9.18 Å². The zero-order valence-electron chi connectivity index (χ0n) is 22.0. The van der Waals surface area contributed by atoms with Gasteiger partial charge < -0.3 is 25.2 Å². The standard InChI is InChI=1S/C29H33FN6O3/c1-34-27-22(16-32-34)18-36(26-5-3-2-4-25(26)33-27)28(37)20-8-9-21(24(30)14-20)15-31-29(38)39-23-10-12-35(13-11-23)17-19-6-7-19/h2-5,8-9,14,16,19,23,33H,6-7,10-13,15,17-18H2,1H3,(H,31,38). The molecule has 39 heavy (non-hydrogen) atoms. The van der Waals surface area contributed by atoms with E-state index in [4.69, 9.17) is 4.74 Å². The third-order valence-corrected chi connectivity index (χ3v) is 7.78. The average Bonchev–Trinajstić information content (AvgIpc) is 3.72. The number of hydrogen-bond acceptors (Lipinski definition) is 6. The van der Waals surface area contributed by atoms with Crippen LogP contribution in [0.25, 0.3) is 0 Å². The summed E-state index contributed by atoms with van der Waals surface area (Å²) in [5.74, 6) is 0.777. The van der Waals surface area contributed by atoms with Crippen molar-refractivity contribution in [1.29, 1.82) is 0 Å². The van der Waals surface area contributed by atoms with Crippen molar-refractivity contribution < 1.29 is 18.7 Å². The van der Waals surface area contributed by atoms with Crippen LogP contribution >= 0.6 is 0 Å². The highest BCUT2D eigenvalue weighted by molar-refractivity contribution is 6.08. The molecule has 1 aliphatic carbocycles. The first-order valence-electron chi connectivity index (χ1n) is 13.6. The Morgan fingerprint density at radius 3 is 2.69 bits per heavy atom. The molecule has 10 heteroatoms. The number of rotatable bonds is 6. The van der Waals surface area contributed by atoms with Gasteiger partial charge in [-0.15, -0.1) is 0 Å². The van der Waals surface area contributed by atoms with Gasteiger partial charge in [-0.1, -0.05) is 18.2 Å². The van der Waals surface area contributed by atoms with Crippen LogP contribution in [0.3, 0.4) is 0 Å². The first-order valence-corrected chi connectivity index (χ1v) is 13.6. The Balaban J connectivity index is 1.08. The van der Waals surface area contributed by atoms with Crippen LogP contribution in [0.5, 0.6) is 0 Å². The van der Waals surface area contributed by atoms with E-state index in [0.29, 0.717) is 12.2 Å². The number of para-hydroxylation sites is 2. The van der Waals surface area contributed by atoms with Crippen LogP contribution in [0.1, 0.15) is 47.2 Å². The van der Waals surface area contributed by atoms with E-state index in [1.54, 1.807) is 21.8 Å². The summed E-state index contributed by atoms with van der Waals surface area (Å²) >= 11 is 0. The summed E-state index contributed by atoms with van der Waals surface area (Å²) in [5, 5.41) is 10.3. The Morgan fingerprint density at radius 2 is 1.92 bits per heavy atom. The SMILES string of the molecule is Cn1ncc2c1Nc1ccccc1N(C(=O)c1ccc(CNC(=O)OC3CCN(CC4CC4)CC3)c(F)c1)C2. The molecule has 0 atom stereocenters. The van der Waals surface area contributed by atoms with Gasteiger partial charge in [-0.2, -0.15) is 5.10 Å². The van der Waals surface area contributed by atoms with Crippen molar-refractivity contribution in [3.05, 3.63) is 71.2 Å². The number of aromatic nitrogens is 2. The largest absolute Gasteiger partial charge is 0.446 e. The third-order valence-electron chi connectivity index (χ3n) is 7.78. The summed E-state index contributed by atoms with van der Waals surface area (Å²) in [7, 11) is 1.84. The number of carbonyl (C=O) groups excluding carboxylic acids is 2. The molecule has 3 heterocycles. The molecule has 1 aromatic heterocycles. The van der Waals surface area contributed by atoms with E-state index in [0.717, 1.165) is 55.5 Å². The molecule has 2 N–H and O–H groups in total. The number of nitrogens with one attached hydrogen (secondary N) is 2. The maximum Gasteiger partial charge on any atom is 0.407 e. The van der Waals surface area contributed by atoms with Crippen molar-refractivity contribution in [3.8, 4) is 0 Å². The Hall–Kier alpha value is -3.92. The number of alkyl carbamates (subject to hydrolysis) is 1. The minimum Gasteiger partial charge on any atom is -0.446 e. The van der Waals surface area contributed by atoms with Gasteiger partial charge in [0.25, 0.3) is 5.91 Å². The van der Waals surface area contributed by atoms with Crippen molar-refractivity contribution in [2.75, 3.05) is 29.9 Å². The van der Waals surface area contributed by atoms with Crippen molar-refractivity contribution >= 4 is 29.2 Å². The number of fused-ring (bicyclic) bond motifs is 2. The number of likely N-dealkylation sites (tertiary alicyclic amines) is 1. The monoisotopic (exact) mass is 532 g/mol. The van der Waals surface area contributed by atoms with Crippen molar-refractivity contribution in [3.63, 3.8) is 0 Å². The van der Waals surface area contributed by atoms with E-state index in [1.165, 1.54) is 25.0 Å². The van der Waals surface area contributed by atoms with Gasteiger partial charge in [-0.3, -0.25) is 9.48 Å². The van der Waals surface area contributed by atoms with Crippen LogP contribution in [0.4, 0.5) is 26.4 Å². The zero-order valence-corrected chi connectivity index (χ0v) is 22.0. The highest BCUT2D eigenvalue weighted by Gasteiger charge is 2.29. The molecule has 2 aromatic carbocycles. The number of amides is 2. The Kier molecular flexibility index (Phi) is 6.95. The van der Waals surface area contributed by atoms with Crippen LogP contribution in [0, 0.1) is 11.7 Å². The van der Waals surface area contributed by atoms with Gasteiger partial charge in [0.05, 0.1) is 24.1 Å². The number of aryl methyl sites for hydroxylation is 1. The van der Waals surface area contributed by atoms with E-state index in [9.17, 15) is 9.59 Å². The van der Waals surface area contributed by atoms with Crippen molar-refractivity contribution in [1.82, 2.24) is 20.0 Å². The molecule has 2 aliphatic heterocycles. The molecule has 204 valence electrons. The first kappa shape index (κ1) is 25.4. The molecule has 2 fully saturated rings. The second kappa shape index (κ2) is 10.7. The average molecular weight is 533 g/mol. The summed E-state index contributed by atoms with van der Waals surface area (Å²) in [6.45, 7) is 3.32. The zero-order chi connectivity index (χ0) is 26.9. The lowest BCUT2D eigenvalue weighted by Crippen LogP contribution is -2.40. The number of anilines is 3. The number of benzene rings is 2. The minimum absolute atomic E-state index is 0.0187. The second-order valence-corrected chi connectivity index (χ2v) is 10.7. The molecule has 6 rings (SSSR count). The number of carbonyl (C=O) groups is 2. The van der Waals surface area contributed by atoms with E-state index in [2.05, 4.69) is 20.6 Å². The Bertz CT molecular complexity index is 1380. The van der Waals surface area contributed by atoms with Gasteiger partial charge in [0.15, 0.2) is 0 Å². The minimum atomic E-state index is -0.558. The molecular weight excluding hydrogens is 499 g/mol. The molecule has 1 saturated carbocycles. The summed E-state index contributed by atoms with van der Waals surface area (Å²) in [6.07, 6.45) is 5.37. The summed E-state index contributed by atoms with van der Waals surface area (Å²) in [4.78, 5) is 30.0. The van der Waals surface area contributed by atoms with Crippen LogP contribution < -0.4 is 15.5 Å². The van der Waals surface area contributed by atoms with Gasteiger partial charge >= 0.3 is 6.09 Å². The molecule has 1 saturated heterocycles. The van der Waals surface area contributed by atoms with Gasteiger partial charge in [0.1, 0.15) is 17.7 Å². The summed E-state index contributed by atoms with van der Waals surface area (Å²) in [6, 6.07) is 11.9. The fourth-order valence-electron chi connectivity index (χ4n) is 5.35. The third kappa shape index (κ3) is 5.61. The first-order chi connectivity index (χ1) is 18.9. The molecule has 0 unspecified atom stereocenters. The maximum absolute atomic E-state index is 15.1. The molecule has 9 nitrogen and oxygen atoms in total. The fourth-order valence-corrected chi connectivity index (χ4v) is 5.35. The predicted molar refractivity (Wildman–Crippen MR) is 145 cm³/mol. The fraction of sp³-hybridized carbons (Fsp3) is 0.414. The van der Waals surface area contributed by atoms with Crippen molar-refractivity contribution in [2.45, 2.75) is 44.9 Å². The quantitative estimate of drug-likeness (QED) is 0.484. The maximum atomic E-state index is 15.1. The lowest BCUT2D eigenvalue weighted by Gasteiger charge is -2.31. The normalized spacial score (nSPS) is 17.5.